The second kappa shape index (κ2) is 4.78. The fourth-order valence-corrected chi connectivity index (χ4v) is 2.61. The number of rotatable bonds is 5. The van der Waals surface area contributed by atoms with E-state index in [4.69, 9.17) is 5.26 Å². The number of aromatic nitrogens is 1. The van der Waals surface area contributed by atoms with Crippen LogP contribution in [-0.2, 0) is 13.6 Å². The lowest BCUT2D eigenvalue weighted by Crippen LogP contribution is -2.27. The summed E-state index contributed by atoms with van der Waals surface area (Å²) in [6.07, 6.45) is 2.71. The van der Waals surface area contributed by atoms with Crippen LogP contribution in [0, 0.1) is 29.6 Å². The van der Waals surface area contributed by atoms with Crippen LogP contribution in [0.1, 0.15) is 43.6 Å². The zero-order valence-corrected chi connectivity index (χ0v) is 11.9. The largest absolute Gasteiger partial charge is 0.340 e. The van der Waals surface area contributed by atoms with E-state index < -0.39 is 0 Å². The van der Waals surface area contributed by atoms with Crippen LogP contribution < -0.4 is 5.32 Å². The van der Waals surface area contributed by atoms with Crippen molar-refractivity contribution >= 4 is 0 Å². The maximum absolute atomic E-state index is 9.00. The van der Waals surface area contributed by atoms with Gasteiger partial charge in [0.2, 0.25) is 0 Å². The quantitative estimate of drug-likeness (QED) is 0.866. The van der Waals surface area contributed by atoms with Crippen LogP contribution in [0.15, 0.2) is 6.07 Å². The minimum Gasteiger partial charge on any atom is -0.340 e. The fourth-order valence-electron chi connectivity index (χ4n) is 2.61. The SMILES string of the molecule is Cc1c(CNCC2(C(C)C)CC2)cc(C#N)n1C. The van der Waals surface area contributed by atoms with Gasteiger partial charge in [0, 0.05) is 25.8 Å². The molecule has 3 nitrogen and oxygen atoms in total. The highest BCUT2D eigenvalue weighted by Gasteiger charge is 2.44. The lowest BCUT2D eigenvalue weighted by atomic mass is 9.92. The maximum Gasteiger partial charge on any atom is 0.120 e. The van der Waals surface area contributed by atoms with E-state index in [-0.39, 0.29) is 0 Å². The molecule has 0 saturated heterocycles. The minimum atomic E-state index is 0.542. The van der Waals surface area contributed by atoms with E-state index in [2.05, 4.69) is 32.2 Å². The second-order valence-corrected chi connectivity index (χ2v) is 5.93. The standard InChI is InChI=1S/C15H23N3/c1-11(2)15(5-6-15)10-17-9-13-7-14(8-16)18(4)12(13)3/h7,11,17H,5-6,9-10H2,1-4H3. The summed E-state index contributed by atoms with van der Waals surface area (Å²) in [5.41, 5.74) is 3.72. The Kier molecular flexibility index (Phi) is 3.49. The molecule has 0 unspecified atom stereocenters. The number of nitrogens with one attached hydrogen (secondary N) is 1. The van der Waals surface area contributed by atoms with Crippen molar-refractivity contribution in [2.45, 2.75) is 40.2 Å². The molecule has 98 valence electrons. The average molecular weight is 245 g/mol. The molecule has 18 heavy (non-hydrogen) atoms. The number of hydrogen-bond donors (Lipinski definition) is 1. The average Bonchev–Trinajstić information content (AvgIpc) is 3.08. The van der Waals surface area contributed by atoms with Gasteiger partial charge in [0.15, 0.2) is 0 Å². The van der Waals surface area contributed by atoms with E-state index in [9.17, 15) is 0 Å². The summed E-state index contributed by atoms with van der Waals surface area (Å²) in [4.78, 5) is 0. The van der Waals surface area contributed by atoms with Crippen molar-refractivity contribution in [3.63, 3.8) is 0 Å². The van der Waals surface area contributed by atoms with Gasteiger partial charge in [0.05, 0.1) is 0 Å². The second-order valence-electron chi connectivity index (χ2n) is 5.93. The molecule has 0 spiro atoms. The van der Waals surface area contributed by atoms with E-state index in [0.717, 1.165) is 24.7 Å². The van der Waals surface area contributed by atoms with Crippen molar-refractivity contribution in [2.75, 3.05) is 6.54 Å². The molecule has 2 rings (SSSR count). The molecule has 0 radical (unpaired) electrons. The molecule has 0 bridgehead atoms. The summed E-state index contributed by atoms with van der Waals surface area (Å²) in [5, 5.41) is 12.6. The zero-order chi connectivity index (χ0) is 13.3. The first-order valence-electron chi connectivity index (χ1n) is 6.76. The molecule has 0 atom stereocenters. The Morgan fingerprint density at radius 1 is 1.50 bits per heavy atom. The molecule has 1 aromatic heterocycles. The Morgan fingerprint density at radius 2 is 2.17 bits per heavy atom. The van der Waals surface area contributed by atoms with E-state index in [1.807, 2.05) is 17.7 Å². The van der Waals surface area contributed by atoms with Gasteiger partial charge in [-0.1, -0.05) is 13.8 Å². The Hall–Kier alpha value is -1.27. The van der Waals surface area contributed by atoms with Crippen LogP contribution >= 0.6 is 0 Å². The highest BCUT2D eigenvalue weighted by Crippen LogP contribution is 2.51. The maximum atomic E-state index is 9.00. The fraction of sp³-hybridized carbons (Fsp3) is 0.667. The highest BCUT2D eigenvalue weighted by atomic mass is 15.0. The van der Waals surface area contributed by atoms with Crippen molar-refractivity contribution in [2.24, 2.45) is 18.4 Å². The van der Waals surface area contributed by atoms with E-state index in [1.54, 1.807) is 0 Å². The van der Waals surface area contributed by atoms with Crippen molar-refractivity contribution in [1.82, 2.24) is 9.88 Å². The molecule has 3 heteroatoms. The van der Waals surface area contributed by atoms with Crippen molar-refractivity contribution in [3.05, 3.63) is 23.0 Å². The molecule has 1 aliphatic carbocycles. The molecular formula is C15H23N3. The van der Waals surface area contributed by atoms with Gasteiger partial charge in [-0.15, -0.1) is 0 Å². The van der Waals surface area contributed by atoms with Gasteiger partial charge in [-0.05, 0) is 42.7 Å². The number of nitriles is 1. The van der Waals surface area contributed by atoms with Gasteiger partial charge in [0.25, 0.3) is 0 Å². The van der Waals surface area contributed by atoms with Gasteiger partial charge < -0.3 is 9.88 Å². The number of hydrogen-bond acceptors (Lipinski definition) is 2. The van der Waals surface area contributed by atoms with E-state index in [0.29, 0.717) is 5.41 Å². The summed E-state index contributed by atoms with van der Waals surface area (Å²) >= 11 is 0. The lowest BCUT2D eigenvalue weighted by molar-refractivity contribution is 0.337. The third-order valence-corrected chi connectivity index (χ3v) is 4.66. The molecule has 1 saturated carbocycles. The zero-order valence-electron chi connectivity index (χ0n) is 11.9. The molecule has 0 aliphatic heterocycles. The van der Waals surface area contributed by atoms with Crippen molar-refractivity contribution in [1.29, 1.82) is 5.26 Å². The minimum absolute atomic E-state index is 0.542. The van der Waals surface area contributed by atoms with Crippen LogP contribution in [0.3, 0.4) is 0 Å². The van der Waals surface area contributed by atoms with Crippen LogP contribution in [0.5, 0.6) is 0 Å². The first kappa shape index (κ1) is 13.2. The molecule has 1 N–H and O–H groups in total. The van der Waals surface area contributed by atoms with Crippen LogP contribution in [-0.4, -0.2) is 11.1 Å². The van der Waals surface area contributed by atoms with Gasteiger partial charge >= 0.3 is 0 Å². The molecule has 1 fully saturated rings. The van der Waals surface area contributed by atoms with Crippen molar-refractivity contribution in [3.8, 4) is 6.07 Å². The number of nitrogens with zero attached hydrogens (tertiary/aromatic N) is 2. The molecule has 1 aromatic rings. The van der Waals surface area contributed by atoms with Crippen LogP contribution in [0.2, 0.25) is 0 Å². The molecular weight excluding hydrogens is 222 g/mol. The van der Waals surface area contributed by atoms with Gasteiger partial charge in [-0.25, -0.2) is 0 Å². The Balaban J connectivity index is 1.94. The first-order valence-corrected chi connectivity index (χ1v) is 6.76. The Bertz CT molecular complexity index is 473. The van der Waals surface area contributed by atoms with Crippen molar-refractivity contribution < 1.29 is 0 Å². The predicted molar refractivity (Wildman–Crippen MR) is 73.1 cm³/mol. The first-order chi connectivity index (χ1) is 8.50. The van der Waals surface area contributed by atoms with Crippen LogP contribution in [0.25, 0.3) is 0 Å². The van der Waals surface area contributed by atoms with Gasteiger partial charge in [-0.3, -0.25) is 0 Å². The summed E-state index contributed by atoms with van der Waals surface area (Å²) in [6, 6.07) is 4.23. The lowest BCUT2D eigenvalue weighted by Gasteiger charge is -2.20. The Morgan fingerprint density at radius 3 is 2.61 bits per heavy atom. The highest BCUT2D eigenvalue weighted by molar-refractivity contribution is 5.34. The third kappa shape index (κ3) is 2.30. The normalized spacial score (nSPS) is 16.9. The van der Waals surface area contributed by atoms with E-state index in [1.165, 1.54) is 24.1 Å². The molecule has 0 aromatic carbocycles. The Labute approximate surface area is 110 Å². The van der Waals surface area contributed by atoms with E-state index >= 15 is 0 Å². The van der Waals surface area contributed by atoms with Gasteiger partial charge in [0.1, 0.15) is 11.8 Å². The predicted octanol–water partition coefficient (Wildman–Crippen LogP) is 2.73. The molecule has 1 aliphatic rings. The van der Waals surface area contributed by atoms with Crippen LogP contribution in [0.4, 0.5) is 0 Å². The smallest absolute Gasteiger partial charge is 0.120 e. The summed E-state index contributed by atoms with van der Waals surface area (Å²) in [5.74, 6) is 0.761. The topological polar surface area (TPSA) is 40.8 Å². The summed E-state index contributed by atoms with van der Waals surface area (Å²) in [7, 11) is 1.95. The summed E-state index contributed by atoms with van der Waals surface area (Å²) < 4.78 is 1.96. The third-order valence-electron chi connectivity index (χ3n) is 4.66. The summed E-state index contributed by atoms with van der Waals surface area (Å²) in [6.45, 7) is 8.68. The molecule has 0 amide bonds. The molecule has 1 heterocycles. The van der Waals surface area contributed by atoms with Gasteiger partial charge in [-0.2, -0.15) is 5.26 Å². The monoisotopic (exact) mass is 245 g/mol.